The van der Waals surface area contributed by atoms with Crippen LogP contribution in [0.15, 0.2) is 18.2 Å². The molecule has 15 heavy (non-hydrogen) atoms. The standard InChI is InChI=1S/C10H6N2O3/c11-6-2-1-3-8-7-9(12(14)15)4-5-10(8)13/h4-5,7,13H,2H2. The molecule has 1 aromatic carbocycles. The number of hydrogen-bond donors (Lipinski definition) is 1. The molecule has 0 spiro atoms. The topological polar surface area (TPSA) is 87.2 Å². The number of rotatable bonds is 1. The molecule has 0 bridgehead atoms. The zero-order valence-electron chi connectivity index (χ0n) is 7.60. The van der Waals surface area contributed by atoms with E-state index in [-0.39, 0.29) is 23.4 Å². The molecule has 0 unspecified atom stereocenters. The Morgan fingerprint density at radius 2 is 2.27 bits per heavy atom. The molecule has 0 aliphatic carbocycles. The van der Waals surface area contributed by atoms with E-state index in [1.165, 1.54) is 18.2 Å². The summed E-state index contributed by atoms with van der Waals surface area (Å²) in [5.74, 6) is 4.81. The Morgan fingerprint density at radius 1 is 1.53 bits per heavy atom. The fraction of sp³-hybridized carbons (Fsp3) is 0.100. The molecule has 0 radical (unpaired) electrons. The molecule has 5 heteroatoms. The Balaban J connectivity index is 3.08. The van der Waals surface area contributed by atoms with Crippen LogP contribution in [0.4, 0.5) is 5.69 Å². The van der Waals surface area contributed by atoms with Crippen molar-refractivity contribution in [1.82, 2.24) is 0 Å². The maximum Gasteiger partial charge on any atom is 0.270 e. The minimum atomic E-state index is -0.574. The van der Waals surface area contributed by atoms with Crippen molar-refractivity contribution in [3.8, 4) is 23.7 Å². The van der Waals surface area contributed by atoms with E-state index in [4.69, 9.17) is 5.26 Å². The minimum Gasteiger partial charge on any atom is -0.507 e. The van der Waals surface area contributed by atoms with E-state index in [0.29, 0.717) is 0 Å². The molecular weight excluding hydrogens is 196 g/mol. The van der Waals surface area contributed by atoms with Crippen molar-refractivity contribution in [3.63, 3.8) is 0 Å². The number of benzene rings is 1. The average Bonchev–Trinajstić information content (AvgIpc) is 2.20. The van der Waals surface area contributed by atoms with Crippen LogP contribution in [0.25, 0.3) is 0 Å². The second-order valence-corrected chi connectivity index (χ2v) is 2.60. The van der Waals surface area contributed by atoms with Gasteiger partial charge >= 0.3 is 0 Å². The van der Waals surface area contributed by atoms with Gasteiger partial charge in [-0.2, -0.15) is 5.26 Å². The third kappa shape index (κ3) is 2.71. The number of aromatic hydroxyl groups is 1. The zero-order chi connectivity index (χ0) is 11.3. The van der Waals surface area contributed by atoms with Gasteiger partial charge in [0.1, 0.15) is 5.75 Å². The summed E-state index contributed by atoms with van der Waals surface area (Å²) in [4.78, 5) is 9.84. The predicted octanol–water partition coefficient (Wildman–Crippen LogP) is 1.57. The number of phenolic OH excluding ortho intramolecular Hbond substituents is 1. The van der Waals surface area contributed by atoms with E-state index < -0.39 is 4.92 Å². The Bertz CT molecular complexity index is 492. The highest BCUT2D eigenvalue weighted by Gasteiger charge is 2.08. The first kappa shape index (κ1) is 10.6. The monoisotopic (exact) mass is 202 g/mol. The fourth-order valence-corrected chi connectivity index (χ4v) is 0.917. The summed E-state index contributed by atoms with van der Waals surface area (Å²) in [6, 6.07) is 5.36. The van der Waals surface area contributed by atoms with Crippen molar-refractivity contribution in [2.75, 3.05) is 0 Å². The van der Waals surface area contributed by atoms with Crippen molar-refractivity contribution in [3.05, 3.63) is 33.9 Å². The summed E-state index contributed by atoms with van der Waals surface area (Å²) >= 11 is 0. The van der Waals surface area contributed by atoms with Gasteiger partial charge in [0.25, 0.3) is 5.69 Å². The summed E-state index contributed by atoms with van der Waals surface area (Å²) in [6.45, 7) is 0. The molecule has 74 valence electrons. The van der Waals surface area contributed by atoms with Crippen LogP contribution in [0, 0.1) is 33.3 Å². The van der Waals surface area contributed by atoms with Gasteiger partial charge in [-0.05, 0) is 6.07 Å². The molecule has 0 aliphatic rings. The molecule has 0 saturated carbocycles. The predicted molar refractivity (Wildman–Crippen MR) is 51.9 cm³/mol. The van der Waals surface area contributed by atoms with Crippen molar-refractivity contribution >= 4 is 5.69 Å². The third-order valence-corrected chi connectivity index (χ3v) is 1.58. The average molecular weight is 202 g/mol. The highest BCUT2D eigenvalue weighted by molar-refractivity contribution is 5.51. The molecule has 1 rings (SSSR count). The van der Waals surface area contributed by atoms with Crippen molar-refractivity contribution in [2.45, 2.75) is 6.42 Å². The smallest absolute Gasteiger partial charge is 0.270 e. The van der Waals surface area contributed by atoms with E-state index in [2.05, 4.69) is 11.8 Å². The summed E-state index contributed by atoms with van der Waals surface area (Å²) < 4.78 is 0. The largest absolute Gasteiger partial charge is 0.507 e. The highest BCUT2D eigenvalue weighted by Crippen LogP contribution is 2.21. The van der Waals surface area contributed by atoms with Crippen LogP contribution >= 0.6 is 0 Å². The van der Waals surface area contributed by atoms with Crippen molar-refractivity contribution < 1.29 is 10.0 Å². The lowest BCUT2D eigenvalue weighted by Gasteiger charge is -1.95. The normalized spacial score (nSPS) is 8.47. The number of nitro groups is 1. The summed E-state index contributed by atoms with van der Waals surface area (Å²) in [6.07, 6.45) is 0.0160. The summed E-state index contributed by atoms with van der Waals surface area (Å²) in [5, 5.41) is 28.0. The SMILES string of the molecule is N#CCC#Cc1cc([N+](=O)[O-])ccc1O. The zero-order valence-corrected chi connectivity index (χ0v) is 7.60. The molecule has 0 atom stereocenters. The van der Waals surface area contributed by atoms with Crippen LogP contribution in [0.5, 0.6) is 5.75 Å². The van der Waals surface area contributed by atoms with Crippen molar-refractivity contribution in [2.24, 2.45) is 0 Å². The van der Waals surface area contributed by atoms with Gasteiger partial charge in [-0.3, -0.25) is 10.1 Å². The number of hydrogen-bond acceptors (Lipinski definition) is 4. The number of nitro benzene ring substituents is 1. The van der Waals surface area contributed by atoms with Gasteiger partial charge in [0, 0.05) is 12.1 Å². The fourth-order valence-electron chi connectivity index (χ4n) is 0.917. The quantitative estimate of drug-likeness (QED) is 0.425. The molecule has 0 aliphatic heterocycles. The molecule has 5 nitrogen and oxygen atoms in total. The van der Waals surface area contributed by atoms with Crippen LogP contribution < -0.4 is 0 Å². The van der Waals surface area contributed by atoms with Crippen LogP contribution in [0.3, 0.4) is 0 Å². The maximum atomic E-state index is 10.4. The summed E-state index contributed by atoms with van der Waals surface area (Å²) in [5.41, 5.74) is 0.00788. The maximum absolute atomic E-state index is 10.4. The first-order chi connectivity index (χ1) is 7.15. The Labute approximate surface area is 85.7 Å². The first-order valence-electron chi connectivity index (χ1n) is 3.98. The molecule has 0 fully saturated rings. The molecule has 0 amide bonds. The van der Waals surface area contributed by atoms with E-state index in [9.17, 15) is 15.2 Å². The molecule has 0 aromatic heterocycles. The van der Waals surface area contributed by atoms with Gasteiger partial charge < -0.3 is 5.11 Å². The number of nitriles is 1. The van der Waals surface area contributed by atoms with Gasteiger partial charge in [-0.15, -0.1) is 0 Å². The lowest BCUT2D eigenvalue weighted by Crippen LogP contribution is -1.88. The number of phenols is 1. The Kier molecular flexibility index (Phi) is 3.26. The Morgan fingerprint density at radius 3 is 2.87 bits per heavy atom. The van der Waals surface area contributed by atoms with Gasteiger partial charge in [0.15, 0.2) is 0 Å². The lowest BCUT2D eigenvalue weighted by atomic mass is 10.2. The molecular formula is C10H6N2O3. The van der Waals surface area contributed by atoms with E-state index in [0.717, 1.165) is 0 Å². The minimum absolute atomic E-state index is 0.0160. The second kappa shape index (κ2) is 4.64. The Hall–Kier alpha value is -2.53. The van der Waals surface area contributed by atoms with Crippen LogP contribution in [0.2, 0.25) is 0 Å². The van der Waals surface area contributed by atoms with Crippen LogP contribution in [-0.2, 0) is 0 Å². The van der Waals surface area contributed by atoms with Gasteiger partial charge in [0.05, 0.1) is 23.0 Å². The molecule has 1 aromatic rings. The third-order valence-electron chi connectivity index (χ3n) is 1.58. The van der Waals surface area contributed by atoms with E-state index in [1.807, 2.05) is 0 Å². The van der Waals surface area contributed by atoms with Gasteiger partial charge in [0.2, 0.25) is 0 Å². The van der Waals surface area contributed by atoms with Crippen molar-refractivity contribution in [1.29, 1.82) is 5.26 Å². The molecule has 0 heterocycles. The number of nitrogens with zero attached hydrogens (tertiary/aromatic N) is 2. The van der Waals surface area contributed by atoms with Gasteiger partial charge in [-0.25, -0.2) is 0 Å². The lowest BCUT2D eigenvalue weighted by molar-refractivity contribution is -0.384. The summed E-state index contributed by atoms with van der Waals surface area (Å²) in [7, 11) is 0. The van der Waals surface area contributed by atoms with E-state index in [1.54, 1.807) is 6.07 Å². The van der Waals surface area contributed by atoms with Gasteiger partial charge in [-0.1, -0.05) is 11.8 Å². The van der Waals surface area contributed by atoms with Crippen LogP contribution in [-0.4, -0.2) is 10.0 Å². The first-order valence-corrected chi connectivity index (χ1v) is 3.98. The molecule has 1 N–H and O–H groups in total. The van der Waals surface area contributed by atoms with Crippen LogP contribution in [0.1, 0.15) is 12.0 Å². The van der Waals surface area contributed by atoms with E-state index >= 15 is 0 Å². The number of non-ortho nitro benzene ring substituents is 1. The highest BCUT2D eigenvalue weighted by atomic mass is 16.6. The molecule has 0 saturated heterocycles. The second-order valence-electron chi connectivity index (χ2n) is 2.60.